The molecule has 1 saturated carbocycles. The molecular weight excluding hydrogens is 476 g/mol. The highest BCUT2D eigenvalue weighted by Crippen LogP contribution is 2.35. The molecule has 0 amide bonds. The van der Waals surface area contributed by atoms with Crippen LogP contribution in [0, 0.1) is 6.92 Å². The number of halogens is 1. The second-order valence-electron chi connectivity index (χ2n) is 9.42. The number of aromatic nitrogens is 5. The van der Waals surface area contributed by atoms with Crippen LogP contribution < -0.4 is 11.3 Å². The summed E-state index contributed by atoms with van der Waals surface area (Å²) in [7, 11) is 0. The maximum Gasteiger partial charge on any atom is 0.259 e. The van der Waals surface area contributed by atoms with Crippen molar-refractivity contribution in [3.8, 4) is 17.0 Å². The van der Waals surface area contributed by atoms with Crippen molar-refractivity contribution in [2.24, 2.45) is 0 Å². The van der Waals surface area contributed by atoms with Crippen LogP contribution in [0.2, 0.25) is 5.02 Å². The maximum atomic E-state index is 13.8. The smallest absolute Gasteiger partial charge is 0.259 e. The average molecular weight is 501 g/mol. The Morgan fingerprint density at radius 3 is 2.69 bits per heavy atom. The topological polar surface area (TPSA) is 112 Å². The van der Waals surface area contributed by atoms with Crippen LogP contribution in [0.25, 0.3) is 33.1 Å². The summed E-state index contributed by atoms with van der Waals surface area (Å²) in [5.74, 6) is 0.241. The van der Waals surface area contributed by atoms with Crippen LogP contribution in [0.15, 0.2) is 53.6 Å². The Bertz CT molecular complexity index is 1700. The van der Waals surface area contributed by atoms with Gasteiger partial charge in [-0.2, -0.15) is 5.10 Å². The number of phenolic OH excluding ortho intramolecular Hbond substituents is 1. The van der Waals surface area contributed by atoms with Gasteiger partial charge in [-0.05, 0) is 48.9 Å². The third-order valence-corrected chi connectivity index (χ3v) is 7.47. The number of nitrogens with zero attached hydrogens (tertiary/aromatic N) is 5. The fourth-order valence-electron chi connectivity index (χ4n) is 5.44. The number of aryl methyl sites for hydroxylation is 1. The van der Waals surface area contributed by atoms with Crippen molar-refractivity contribution in [1.29, 1.82) is 0 Å². The Balaban J connectivity index is 1.57. The Morgan fingerprint density at radius 2 is 1.92 bits per heavy atom. The average Bonchev–Trinajstić information content (AvgIpc) is 3.50. The number of hydrogen-bond donors (Lipinski definition) is 2. The minimum atomic E-state index is -0.0488. The summed E-state index contributed by atoms with van der Waals surface area (Å²) < 4.78 is 3.73. The van der Waals surface area contributed by atoms with E-state index in [2.05, 4.69) is 16.0 Å². The van der Waals surface area contributed by atoms with Gasteiger partial charge in [0.1, 0.15) is 23.6 Å². The van der Waals surface area contributed by atoms with E-state index in [-0.39, 0.29) is 28.2 Å². The summed E-state index contributed by atoms with van der Waals surface area (Å²) in [6.45, 7) is 2.32. The first kappa shape index (κ1) is 22.5. The molecule has 8 nitrogen and oxygen atoms in total. The van der Waals surface area contributed by atoms with Gasteiger partial charge in [-0.15, -0.1) is 0 Å². The fraction of sp³-hybridized carbons (Fsp3) is 0.259. The highest BCUT2D eigenvalue weighted by atomic mass is 35.5. The Kier molecular flexibility index (Phi) is 5.41. The number of fused-ring (bicyclic) bond motifs is 2. The van der Waals surface area contributed by atoms with E-state index >= 15 is 0 Å². The lowest BCUT2D eigenvalue weighted by atomic mass is 10.0. The van der Waals surface area contributed by atoms with Crippen LogP contribution in [-0.2, 0) is 6.54 Å². The van der Waals surface area contributed by atoms with Crippen LogP contribution >= 0.6 is 11.6 Å². The summed E-state index contributed by atoms with van der Waals surface area (Å²) >= 11 is 6.03. The third kappa shape index (κ3) is 3.60. The van der Waals surface area contributed by atoms with E-state index in [4.69, 9.17) is 22.4 Å². The van der Waals surface area contributed by atoms with E-state index in [1.165, 1.54) is 6.33 Å². The second-order valence-corrected chi connectivity index (χ2v) is 9.83. The number of rotatable bonds is 4. The fourth-order valence-corrected chi connectivity index (χ4v) is 5.56. The molecule has 36 heavy (non-hydrogen) atoms. The van der Waals surface area contributed by atoms with E-state index in [0.717, 1.165) is 47.7 Å². The van der Waals surface area contributed by atoms with Crippen molar-refractivity contribution >= 4 is 39.2 Å². The second kappa shape index (κ2) is 8.64. The van der Waals surface area contributed by atoms with E-state index in [0.29, 0.717) is 28.8 Å². The molecule has 0 atom stereocenters. The zero-order valence-electron chi connectivity index (χ0n) is 19.8. The summed E-state index contributed by atoms with van der Waals surface area (Å²) in [4.78, 5) is 22.5. The van der Waals surface area contributed by atoms with Crippen LogP contribution in [0.1, 0.15) is 43.0 Å². The lowest BCUT2D eigenvalue weighted by Gasteiger charge is -2.21. The molecule has 3 aromatic heterocycles. The lowest BCUT2D eigenvalue weighted by Crippen LogP contribution is -2.28. The molecule has 0 spiro atoms. The van der Waals surface area contributed by atoms with Crippen molar-refractivity contribution in [3.05, 3.63) is 75.4 Å². The summed E-state index contributed by atoms with van der Waals surface area (Å²) in [6.07, 6.45) is 5.60. The standard InChI is InChI=1S/C27H25ClN6O2/c1-15-5-4-6-16-11-19(34(27(36)22(15)16)18-7-2-3-8-18)13-33-26-23(25(29)30-14-31-26)24(32-33)17-9-10-20(28)21(35)12-17/h4-6,9-12,14,18,35H,2-3,7-8,13H2,1H3,(H2,29,30,31). The molecule has 0 saturated heterocycles. The largest absolute Gasteiger partial charge is 0.506 e. The molecule has 9 heteroatoms. The molecule has 0 bridgehead atoms. The number of phenols is 1. The van der Waals surface area contributed by atoms with E-state index in [1.807, 2.05) is 29.7 Å². The molecule has 0 unspecified atom stereocenters. The van der Waals surface area contributed by atoms with E-state index in [9.17, 15) is 9.90 Å². The molecule has 3 N–H and O–H groups in total. The Hall–Kier alpha value is -3.91. The number of pyridine rings is 1. The van der Waals surface area contributed by atoms with Crippen molar-refractivity contribution in [3.63, 3.8) is 0 Å². The predicted octanol–water partition coefficient (Wildman–Crippen LogP) is 5.22. The summed E-state index contributed by atoms with van der Waals surface area (Å²) in [6, 6.07) is 13.1. The summed E-state index contributed by atoms with van der Waals surface area (Å²) in [5.41, 5.74) is 9.90. The van der Waals surface area contributed by atoms with Crippen LogP contribution in [0.5, 0.6) is 5.75 Å². The van der Waals surface area contributed by atoms with Gasteiger partial charge in [-0.1, -0.05) is 48.7 Å². The zero-order valence-corrected chi connectivity index (χ0v) is 20.5. The normalized spacial score (nSPS) is 14.3. The van der Waals surface area contributed by atoms with Gasteiger partial charge in [0.05, 0.1) is 22.3 Å². The minimum absolute atomic E-state index is 0.0425. The van der Waals surface area contributed by atoms with Gasteiger partial charge in [-0.3, -0.25) is 4.79 Å². The minimum Gasteiger partial charge on any atom is -0.506 e. The van der Waals surface area contributed by atoms with Crippen molar-refractivity contribution in [2.45, 2.75) is 45.2 Å². The molecule has 1 aliphatic carbocycles. The van der Waals surface area contributed by atoms with Crippen LogP contribution in [0.3, 0.4) is 0 Å². The molecule has 1 aliphatic rings. The lowest BCUT2D eigenvalue weighted by molar-refractivity contribution is 0.475. The molecule has 1 fully saturated rings. The number of anilines is 1. The van der Waals surface area contributed by atoms with Gasteiger partial charge in [0.15, 0.2) is 5.65 Å². The maximum absolute atomic E-state index is 13.8. The van der Waals surface area contributed by atoms with Crippen molar-refractivity contribution in [1.82, 2.24) is 24.3 Å². The Labute approximate surface area is 212 Å². The quantitative estimate of drug-likeness (QED) is 0.350. The van der Waals surface area contributed by atoms with Crippen LogP contribution in [-0.4, -0.2) is 29.4 Å². The number of nitrogen functional groups attached to an aromatic ring is 1. The first-order valence-corrected chi connectivity index (χ1v) is 12.4. The van der Waals surface area contributed by atoms with Crippen molar-refractivity contribution < 1.29 is 5.11 Å². The molecule has 182 valence electrons. The molecule has 6 rings (SSSR count). The number of benzene rings is 2. The van der Waals surface area contributed by atoms with Crippen molar-refractivity contribution in [2.75, 3.05) is 5.73 Å². The van der Waals surface area contributed by atoms with Crippen LogP contribution in [0.4, 0.5) is 5.82 Å². The molecule has 3 heterocycles. The molecule has 5 aromatic rings. The number of aromatic hydroxyl groups is 1. The molecule has 2 aromatic carbocycles. The van der Waals surface area contributed by atoms with Gasteiger partial charge in [-0.25, -0.2) is 14.6 Å². The molecule has 0 radical (unpaired) electrons. The van der Waals surface area contributed by atoms with E-state index < -0.39 is 0 Å². The van der Waals surface area contributed by atoms with E-state index in [1.54, 1.807) is 22.9 Å². The summed E-state index contributed by atoms with van der Waals surface area (Å²) in [5, 5.41) is 17.6. The first-order chi connectivity index (χ1) is 17.4. The highest BCUT2D eigenvalue weighted by molar-refractivity contribution is 6.32. The Morgan fingerprint density at radius 1 is 1.11 bits per heavy atom. The van der Waals surface area contributed by atoms with Gasteiger partial charge in [0.25, 0.3) is 5.56 Å². The monoisotopic (exact) mass is 500 g/mol. The zero-order chi connectivity index (χ0) is 25.0. The molecular formula is C27H25ClN6O2. The van der Waals surface area contributed by atoms with Gasteiger partial charge in [0, 0.05) is 17.3 Å². The van der Waals surface area contributed by atoms with Gasteiger partial charge < -0.3 is 15.4 Å². The number of hydrogen-bond acceptors (Lipinski definition) is 6. The molecule has 0 aliphatic heterocycles. The predicted molar refractivity (Wildman–Crippen MR) is 141 cm³/mol. The third-order valence-electron chi connectivity index (χ3n) is 7.15. The SMILES string of the molecule is Cc1cccc2cc(Cn3nc(-c4ccc(Cl)c(O)c4)c4c(N)ncnc43)n(C3CCCC3)c(=O)c12. The highest BCUT2D eigenvalue weighted by Gasteiger charge is 2.24. The first-order valence-electron chi connectivity index (χ1n) is 12.0. The van der Waals surface area contributed by atoms with Gasteiger partial charge in [0.2, 0.25) is 0 Å². The van der Waals surface area contributed by atoms with Gasteiger partial charge >= 0.3 is 0 Å². The number of nitrogens with two attached hydrogens (primary N) is 1.